The summed E-state index contributed by atoms with van der Waals surface area (Å²) in [4.78, 5) is 12.8. The summed E-state index contributed by atoms with van der Waals surface area (Å²) in [5.74, 6) is -1.83. The van der Waals surface area contributed by atoms with E-state index in [0.29, 0.717) is 22.7 Å². The van der Waals surface area contributed by atoms with Crippen molar-refractivity contribution in [2.75, 3.05) is 6.54 Å². The van der Waals surface area contributed by atoms with Gasteiger partial charge in [-0.1, -0.05) is 23.7 Å². The number of ether oxygens (including phenoxy) is 1. The van der Waals surface area contributed by atoms with E-state index in [9.17, 15) is 30.8 Å². The number of sulfonamides is 1. The molecule has 3 aromatic rings. The predicted molar refractivity (Wildman–Crippen MR) is 126 cm³/mol. The number of hydrogen-bond acceptors (Lipinski definition) is 5. The molecule has 1 amide bonds. The number of rotatable bonds is 7. The molecule has 6 nitrogen and oxygen atoms in total. The summed E-state index contributed by atoms with van der Waals surface area (Å²) in [6.07, 6.45) is -3.72. The highest BCUT2D eigenvalue weighted by Gasteiger charge is 2.40. The van der Waals surface area contributed by atoms with E-state index >= 15 is 0 Å². The Hall–Kier alpha value is -2.67. The van der Waals surface area contributed by atoms with Gasteiger partial charge in [0.15, 0.2) is 11.6 Å². The second-order valence-corrected chi connectivity index (χ2v) is 11.8. The summed E-state index contributed by atoms with van der Waals surface area (Å²) in [6, 6.07) is 9.78. The van der Waals surface area contributed by atoms with E-state index in [1.165, 1.54) is 30.3 Å². The minimum atomic E-state index is -4.56. The second-order valence-electron chi connectivity index (χ2n) is 7.94. The van der Waals surface area contributed by atoms with Gasteiger partial charge in [-0.3, -0.25) is 4.79 Å². The van der Waals surface area contributed by atoms with Crippen LogP contribution in [0.2, 0.25) is 4.34 Å². The van der Waals surface area contributed by atoms with Crippen molar-refractivity contribution < 1.29 is 35.5 Å². The van der Waals surface area contributed by atoms with Crippen LogP contribution in [0.4, 0.5) is 17.6 Å². The van der Waals surface area contributed by atoms with Gasteiger partial charge in [0.05, 0.1) is 9.90 Å². The molecule has 1 atom stereocenters. The van der Waals surface area contributed by atoms with Gasteiger partial charge in [0.2, 0.25) is 5.91 Å². The zero-order valence-electron chi connectivity index (χ0n) is 18.4. The molecule has 0 bridgehead atoms. The maximum absolute atomic E-state index is 14.5. The first-order valence-electron chi connectivity index (χ1n) is 10.6. The SMILES string of the molecule is O=C(NCc1ccc(Oc2cccc(C(F)(F)F)c2)c(F)c1)[C@@H]1CCCN1S(=O)(=O)c1ccc(Cl)s1. The Morgan fingerprint density at radius 2 is 1.94 bits per heavy atom. The van der Waals surface area contributed by atoms with Crippen molar-refractivity contribution in [2.24, 2.45) is 0 Å². The number of nitrogens with zero attached hydrogens (tertiary/aromatic N) is 1. The van der Waals surface area contributed by atoms with Gasteiger partial charge in [-0.25, -0.2) is 12.8 Å². The van der Waals surface area contributed by atoms with Crippen molar-refractivity contribution in [3.8, 4) is 11.5 Å². The van der Waals surface area contributed by atoms with E-state index in [2.05, 4.69) is 5.32 Å². The van der Waals surface area contributed by atoms with Crippen LogP contribution < -0.4 is 10.1 Å². The number of nitrogens with one attached hydrogen (secondary N) is 1. The quantitative estimate of drug-likeness (QED) is 0.368. The van der Waals surface area contributed by atoms with Crippen molar-refractivity contribution in [1.82, 2.24) is 9.62 Å². The largest absolute Gasteiger partial charge is 0.454 e. The van der Waals surface area contributed by atoms with Crippen LogP contribution in [0.1, 0.15) is 24.0 Å². The summed E-state index contributed by atoms with van der Waals surface area (Å²) in [7, 11) is -3.89. The van der Waals surface area contributed by atoms with E-state index in [1.807, 2.05) is 0 Å². The minimum Gasteiger partial charge on any atom is -0.454 e. The van der Waals surface area contributed by atoms with Crippen LogP contribution >= 0.6 is 22.9 Å². The van der Waals surface area contributed by atoms with Crippen LogP contribution in [0.15, 0.2) is 58.8 Å². The van der Waals surface area contributed by atoms with Gasteiger partial charge in [0.25, 0.3) is 10.0 Å². The van der Waals surface area contributed by atoms with Gasteiger partial charge >= 0.3 is 6.18 Å². The second kappa shape index (κ2) is 10.4. The van der Waals surface area contributed by atoms with Crippen molar-refractivity contribution in [3.63, 3.8) is 0 Å². The number of hydrogen-bond donors (Lipinski definition) is 1. The first-order valence-corrected chi connectivity index (χ1v) is 13.3. The minimum absolute atomic E-state index is 0.0469. The molecular weight excluding hydrogens is 544 g/mol. The molecule has 1 N–H and O–H groups in total. The van der Waals surface area contributed by atoms with Crippen LogP contribution in [0.3, 0.4) is 0 Å². The normalized spacial score (nSPS) is 16.8. The third-order valence-electron chi connectivity index (χ3n) is 5.47. The van der Waals surface area contributed by atoms with Crippen LogP contribution in [0.5, 0.6) is 11.5 Å². The highest BCUT2D eigenvalue weighted by Crippen LogP contribution is 2.34. The molecule has 0 spiro atoms. The Morgan fingerprint density at radius 3 is 2.61 bits per heavy atom. The topological polar surface area (TPSA) is 75.7 Å². The van der Waals surface area contributed by atoms with Crippen LogP contribution in [0.25, 0.3) is 0 Å². The average molecular weight is 563 g/mol. The molecular formula is C23H19ClF4N2O4S2. The lowest BCUT2D eigenvalue weighted by atomic mass is 10.1. The lowest BCUT2D eigenvalue weighted by molar-refractivity contribution is -0.137. The monoisotopic (exact) mass is 562 g/mol. The summed E-state index contributed by atoms with van der Waals surface area (Å²) in [5, 5.41) is 2.62. The van der Waals surface area contributed by atoms with Crippen molar-refractivity contribution >= 4 is 38.9 Å². The van der Waals surface area contributed by atoms with Crippen LogP contribution in [-0.2, 0) is 27.5 Å². The standard InChI is InChI=1S/C23H19ClF4N2O4S2/c24-20-8-9-21(35-20)36(32,33)30-10-2-5-18(30)22(31)29-13-14-6-7-19(17(25)11-14)34-16-4-1-3-15(12-16)23(26,27)28/h1,3-4,6-9,11-12,18H,2,5,10,13H2,(H,29,31)/t18-/m0/s1. The molecule has 2 aromatic carbocycles. The molecule has 0 aliphatic carbocycles. The van der Waals surface area contributed by atoms with Gasteiger partial charge in [-0.15, -0.1) is 11.3 Å². The Labute approximate surface area is 213 Å². The molecule has 1 saturated heterocycles. The number of benzene rings is 2. The predicted octanol–water partition coefficient (Wildman–Crippen LogP) is 5.82. The van der Waals surface area contributed by atoms with E-state index in [4.69, 9.17) is 16.3 Å². The van der Waals surface area contributed by atoms with Crippen LogP contribution in [-0.4, -0.2) is 31.2 Å². The van der Waals surface area contributed by atoms with Gasteiger partial charge in [-0.2, -0.15) is 17.5 Å². The number of carbonyl (C=O) groups excluding carboxylic acids is 1. The third-order valence-corrected chi connectivity index (χ3v) is 9.08. The fourth-order valence-corrected chi connectivity index (χ4v) is 7.02. The van der Waals surface area contributed by atoms with E-state index in [-0.39, 0.29) is 28.8 Å². The lowest BCUT2D eigenvalue weighted by Gasteiger charge is -2.22. The number of carbonyl (C=O) groups is 1. The van der Waals surface area contributed by atoms with Gasteiger partial charge in [-0.05, 0) is 60.9 Å². The van der Waals surface area contributed by atoms with Gasteiger partial charge in [0, 0.05) is 13.1 Å². The Kier molecular flexibility index (Phi) is 7.60. The fourth-order valence-electron chi connectivity index (χ4n) is 3.75. The van der Waals surface area contributed by atoms with Crippen molar-refractivity contribution in [2.45, 2.75) is 35.8 Å². The number of amides is 1. The maximum atomic E-state index is 14.5. The molecule has 4 rings (SSSR count). The molecule has 36 heavy (non-hydrogen) atoms. The highest BCUT2D eigenvalue weighted by atomic mass is 35.5. The summed E-state index contributed by atoms with van der Waals surface area (Å²) >= 11 is 6.76. The van der Waals surface area contributed by atoms with Crippen molar-refractivity contribution in [3.05, 3.63) is 75.9 Å². The summed E-state index contributed by atoms with van der Waals surface area (Å²) in [5.41, 5.74) is -0.570. The third kappa shape index (κ3) is 5.83. The molecule has 1 aliphatic rings. The zero-order valence-corrected chi connectivity index (χ0v) is 20.8. The first-order chi connectivity index (χ1) is 16.9. The average Bonchev–Trinajstić information content (AvgIpc) is 3.49. The first kappa shape index (κ1) is 26.4. The van der Waals surface area contributed by atoms with Crippen LogP contribution in [0, 0.1) is 5.82 Å². The molecule has 0 unspecified atom stereocenters. The molecule has 13 heteroatoms. The molecule has 0 radical (unpaired) electrons. The summed E-state index contributed by atoms with van der Waals surface area (Å²) in [6.45, 7) is 0.0982. The Balaban J connectivity index is 1.40. The molecule has 192 valence electrons. The molecule has 0 saturated carbocycles. The number of halogens is 5. The zero-order chi connectivity index (χ0) is 26.1. The van der Waals surface area contributed by atoms with E-state index in [0.717, 1.165) is 39.9 Å². The van der Waals surface area contributed by atoms with E-state index < -0.39 is 39.5 Å². The maximum Gasteiger partial charge on any atom is 0.416 e. The number of alkyl halides is 3. The fraction of sp³-hybridized carbons (Fsp3) is 0.261. The molecule has 2 heterocycles. The van der Waals surface area contributed by atoms with Gasteiger partial charge < -0.3 is 10.1 Å². The van der Waals surface area contributed by atoms with Crippen molar-refractivity contribution in [1.29, 1.82) is 0 Å². The molecule has 1 aliphatic heterocycles. The molecule has 1 aromatic heterocycles. The summed E-state index contributed by atoms with van der Waals surface area (Å²) < 4.78 is 85.8. The lowest BCUT2D eigenvalue weighted by Crippen LogP contribution is -2.45. The molecule has 1 fully saturated rings. The van der Waals surface area contributed by atoms with Gasteiger partial charge in [0.1, 0.15) is 16.0 Å². The number of thiophene rings is 1. The Bertz CT molecular complexity index is 1380. The highest BCUT2D eigenvalue weighted by molar-refractivity contribution is 7.91. The van der Waals surface area contributed by atoms with E-state index in [1.54, 1.807) is 0 Å². The Morgan fingerprint density at radius 1 is 1.17 bits per heavy atom. The smallest absolute Gasteiger partial charge is 0.416 e.